The van der Waals surface area contributed by atoms with Gasteiger partial charge < -0.3 is 10.3 Å². The van der Waals surface area contributed by atoms with Crippen LogP contribution in [0.5, 0.6) is 0 Å². The van der Waals surface area contributed by atoms with Crippen molar-refractivity contribution in [3.8, 4) is 0 Å². The predicted molar refractivity (Wildman–Crippen MR) is 112 cm³/mol. The second kappa shape index (κ2) is 7.66. The summed E-state index contributed by atoms with van der Waals surface area (Å²) in [7, 11) is 0. The number of nitrogens with one attached hydrogen (secondary N) is 2. The standard InChI is InChI=1S/C19H18ClN3O2S2/c1-10-2-7-13-14(8-10)27-18-16(13)17(25)22-19(23-18)26-9-15(24)21-12-5-3-11(20)4-6-12/h3-6,10H,2,7-9H2,1H3,(H,21,24)(H,22,23,25). The molecule has 0 fully saturated rings. The molecule has 0 aliphatic heterocycles. The van der Waals surface area contributed by atoms with E-state index < -0.39 is 0 Å². The SMILES string of the molecule is CC1CCc2c(sc3nc(SCC(=O)Nc4ccc(Cl)cc4)[nH]c(=O)c23)C1. The number of aromatic amines is 1. The van der Waals surface area contributed by atoms with Gasteiger partial charge in [0.1, 0.15) is 4.83 Å². The van der Waals surface area contributed by atoms with Crippen molar-refractivity contribution in [3.05, 3.63) is 50.1 Å². The minimum atomic E-state index is -0.163. The second-order valence-electron chi connectivity index (χ2n) is 6.75. The summed E-state index contributed by atoms with van der Waals surface area (Å²) in [5, 5.41) is 4.63. The van der Waals surface area contributed by atoms with Crippen LogP contribution in [-0.4, -0.2) is 21.6 Å². The Hall–Kier alpha value is -1.83. The lowest BCUT2D eigenvalue weighted by Crippen LogP contribution is -2.16. The van der Waals surface area contributed by atoms with Gasteiger partial charge in [0.05, 0.1) is 11.1 Å². The molecule has 1 unspecified atom stereocenters. The number of thioether (sulfide) groups is 1. The van der Waals surface area contributed by atoms with Gasteiger partial charge in [-0.3, -0.25) is 9.59 Å². The van der Waals surface area contributed by atoms with Crippen LogP contribution < -0.4 is 10.9 Å². The summed E-state index contributed by atoms with van der Waals surface area (Å²) in [5.41, 5.74) is 1.74. The van der Waals surface area contributed by atoms with E-state index in [1.54, 1.807) is 35.6 Å². The van der Waals surface area contributed by atoms with Crippen LogP contribution in [0.4, 0.5) is 5.69 Å². The molecule has 1 atom stereocenters. The number of carbonyl (C=O) groups excluding carboxylic acids is 1. The van der Waals surface area contributed by atoms with Gasteiger partial charge in [0.25, 0.3) is 5.56 Å². The van der Waals surface area contributed by atoms with Crippen molar-refractivity contribution in [1.82, 2.24) is 9.97 Å². The van der Waals surface area contributed by atoms with Gasteiger partial charge in [-0.2, -0.15) is 0 Å². The van der Waals surface area contributed by atoms with Gasteiger partial charge in [0, 0.05) is 15.6 Å². The van der Waals surface area contributed by atoms with Gasteiger partial charge in [-0.25, -0.2) is 4.98 Å². The van der Waals surface area contributed by atoms with E-state index in [2.05, 4.69) is 22.2 Å². The number of H-pyrrole nitrogens is 1. The van der Waals surface area contributed by atoms with Crippen LogP contribution in [0.15, 0.2) is 34.2 Å². The Morgan fingerprint density at radius 1 is 1.41 bits per heavy atom. The summed E-state index contributed by atoms with van der Waals surface area (Å²) in [6.45, 7) is 2.24. The molecule has 140 valence electrons. The number of aryl methyl sites for hydroxylation is 1. The minimum Gasteiger partial charge on any atom is -0.325 e. The van der Waals surface area contributed by atoms with Crippen LogP contribution in [0.1, 0.15) is 23.8 Å². The van der Waals surface area contributed by atoms with Crippen LogP contribution in [0.2, 0.25) is 5.02 Å². The largest absolute Gasteiger partial charge is 0.325 e. The summed E-state index contributed by atoms with van der Waals surface area (Å²) in [4.78, 5) is 34.2. The van der Waals surface area contributed by atoms with Gasteiger partial charge in [-0.1, -0.05) is 30.3 Å². The fourth-order valence-corrected chi connectivity index (χ4v) is 5.49. The number of halogens is 1. The minimum absolute atomic E-state index is 0.104. The average molecular weight is 420 g/mol. The molecule has 2 heterocycles. The highest BCUT2D eigenvalue weighted by molar-refractivity contribution is 7.99. The first-order valence-electron chi connectivity index (χ1n) is 8.72. The number of anilines is 1. The zero-order valence-corrected chi connectivity index (χ0v) is 17.1. The van der Waals surface area contributed by atoms with Crippen LogP contribution in [-0.2, 0) is 17.6 Å². The van der Waals surface area contributed by atoms with E-state index in [1.165, 1.54) is 22.2 Å². The molecule has 1 aromatic carbocycles. The first-order chi connectivity index (χ1) is 13.0. The molecule has 1 amide bonds. The number of hydrogen-bond acceptors (Lipinski definition) is 5. The maximum Gasteiger partial charge on any atom is 0.260 e. The maximum absolute atomic E-state index is 12.6. The third-order valence-corrected chi connectivity index (χ3v) is 6.89. The molecule has 1 aliphatic carbocycles. The van der Waals surface area contributed by atoms with Crippen LogP contribution >= 0.6 is 34.7 Å². The molecule has 0 saturated heterocycles. The number of fused-ring (bicyclic) bond motifs is 3. The maximum atomic E-state index is 12.6. The number of aromatic nitrogens is 2. The number of rotatable bonds is 4. The summed E-state index contributed by atoms with van der Waals surface area (Å²) in [5.74, 6) is 0.651. The number of hydrogen-bond donors (Lipinski definition) is 2. The third-order valence-electron chi connectivity index (χ3n) is 4.61. The van der Waals surface area contributed by atoms with Crippen molar-refractivity contribution in [2.45, 2.75) is 31.3 Å². The Morgan fingerprint density at radius 3 is 2.96 bits per heavy atom. The van der Waals surface area contributed by atoms with Crippen LogP contribution in [0.25, 0.3) is 10.2 Å². The van der Waals surface area contributed by atoms with Crippen molar-refractivity contribution in [2.75, 3.05) is 11.1 Å². The lowest BCUT2D eigenvalue weighted by atomic mass is 9.89. The molecule has 4 rings (SSSR count). The van der Waals surface area contributed by atoms with E-state index in [1.807, 2.05) is 0 Å². The van der Waals surface area contributed by atoms with Crippen LogP contribution in [0, 0.1) is 5.92 Å². The van der Waals surface area contributed by atoms with Crippen molar-refractivity contribution in [1.29, 1.82) is 0 Å². The first-order valence-corrected chi connectivity index (χ1v) is 10.9. The highest BCUT2D eigenvalue weighted by Crippen LogP contribution is 2.36. The van der Waals surface area contributed by atoms with Gasteiger partial charge in [0.15, 0.2) is 5.16 Å². The summed E-state index contributed by atoms with van der Waals surface area (Å²) < 4.78 is 0. The smallest absolute Gasteiger partial charge is 0.260 e. The Bertz CT molecular complexity index is 1060. The highest BCUT2D eigenvalue weighted by Gasteiger charge is 2.23. The van der Waals surface area contributed by atoms with E-state index >= 15 is 0 Å². The summed E-state index contributed by atoms with van der Waals surface area (Å²) >= 11 is 8.68. The molecular weight excluding hydrogens is 402 g/mol. The molecule has 0 spiro atoms. The molecule has 2 aromatic heterocycles. The molecule has 5 nitrogen and oxygen atoms in total. The Kier molecular flexibility index (Phi) is 5.25. The number of thiophene rings is 1. The van der Waals surface area contributed by atoms with Crippen molar-refractivity contribution < 1.29 is 4.79 Å². The fourth-order valence-electron chi connectivity index (χ4n) is 3.26. The highest BCUT2D eigenvalue weighted by atomic mass is 35.5. The molecule has 27 heavy (non-hydrogen) atoms. The van der Waals surface area contributed by atoms with Gasteiger partial charge in [-0.15, -0.1) is 11.3 Å². The molecule has 0 saturated carbocycles. The quantitative estimate of drug-likeness (QED) is 0.482. The Morgan fingerprint density at radius 2 is 2.19 bits per heavy atom. The molecule has 0 radical (unpaired) electrons. The Labute approximate surface area is 169 Å². The van der Waals surface area contributed by atoms with E-state index in [9.17, 15) is 9.59 Å². The van der Waals surface area contributed by atoms with Crippen LogP contribution in [0.3, 0.4) is 0 Å². The van der Waals surface area contributed by atoms with Crippen molar-refractivity contribution in [2.24, 2.45) is 5.92 Å². The molecule has 8 heteroatoms. The predicted octanol–water partition coefficient (Wildman–Crippen LogP) is 4.49. The third kappa shape index (κ3) is 4.05. The second-order valence-corrected chi connectivity index (χ2v) is 9.23. The molecule has 0 bridgehead atoms. The van der Waals surface area contributed by atoms with E-state index in [0.29, 0.717) is 21.8 Å². The number of benzene rings is 1. The van der Waals surface area contributed by atoms with E-state index in [4.69, 9.17) is 11.6 Å². The summed E-state index contributed by atoms with van der Waals surface area (Å²) in [6, 6.07) is 6.93. The van der Waals surface area contributed by atoms with Gasteiger partial charge >= 0.3 is 0 Å². The van der Waals surface area contributed by atoms with E-state index in [-0.39, 0.29) is 17.2 Å². The average Bonchev–Trinajstić information content (AvgIpc) is 2.99. The topological polar surface area (TPSA) is 74.8 Å². The zero-order valence-electron chi connectivity index (χ0n) is 14.7. The molecule has 2 N–H and O–H groups in total. The van der Waals surface area contributed by atoms with Gasteiger partial charge in [0.2, 0.25) is 5.91 Å². The van der Waals surface area contributed by atoms with Gasteiger partial charge in [-0.05, 0) is 55.0 Å². The molecular formula is C19H18ClN3O2S2. The number of nitrogens with zero attached hydrogens (tertiary/aromatic N) is 1. The molecule has 1 aliphatic rings. The monoisotopic (exact) mass is 419 g/mol. The number of carbonyl (C=O) groups is 1. The molecule has 3 aromatic rings. The van der Waals surface area contributed by atoms with Crippen molar-refractivity contribution in [3.63, 3.8) is 0 Å². The first kappa shape index (κ1) is 18.5. The lowest BCUT2D eigenvalue weighted by molar-refractivity contribution is -0.113. The summed E-state index contributed by atoms with van der Waals surface area (Å²) in [6.07, 6.45) is 3.07. The lowest BCUT2D eigenvalue weighted by Gasteiger charge is -2.17. The van der Waals surface area contributed by atoms with E-state index in [0.717, 1.165) is 29.5 Å². The zero-order chi connectivity index (χ0) is 19.0. The van der Waals surface area contributed by atoms with Crippen molar-refractivity contribution >= 4 is 56.5 Å². The normalized spacial score (nSPS) is 16.3. The Balaban J connectivity index is 1.48. The number of amides is 1. The fraction of sp³-hybridized carbons (Fsp3) is 0.316.